The molecule has 0 aromatic carbocycles. The van der Waals surface area contributed by atoms with Crippen molar-refractivity contribution in [3.8, 4) is 0 Å². The van der Waals surface area contributed by atoms with Crippen LogP contribution in [0.4, 0.5) is 0 Å². The molecule has 0 spiro atoms. The van der Waals surface area contributed by atoms with Gasteiger partial charge in [0, 0.05) is 0 Å². The molecule has 0 bridgehead atoms. The molecule has 2 radical (unpaired) electrons. The topological polar surface area (TPSA) is 0 Å². The molecule has 0 unspecified atom stereocenters. The van der Waals surface area contributed by atoms with Crippen LogP contribution in [0.3, 0.4) is 0 Å². The zero-order valence-electron chi connectivity index (χ0n) is 6.38. The summed E-state index contributed by atoms with van der Waals surface area (Å²) in [5.41, 5.74) is 0. The van der Waals surface area contributed by atoms with Crippen LogP contribution in [0.2, 0.25) is 0 Å². The minimum absolute atomic E-state index is 1.08. The minimum atomic E-state index is -1.08. The molecule has 0 nitrogen and oxygen atoms in total. The van der Waals surface area contributed by atoms with Gasteiger partial charge in [0.15, 0.2) is 0 Å². The second-order valence-electron chi connectivity index (χ2n) is 1.84. The van der Waals surface area contributed by atoms with E-state index >= 15 is 0 Å². The van der Waals surface area contributed by atoms with Gasteiger partial charge in [0.25, 0.3) is 0 Å². The van der Waals surface area contributed by atoms with Crippen molar-refractivity contribution in [2.45, 2.75) is 20.8 Å². The Morgan fingerprint density at radius 1 is 1.11 bits per heavy atom. The van der Waals surface area contributed by atoms with Crippen molar-refractivity contribution in [1.29, 1.82) is 0 Å². The third-order valence-corrected chi connectivity index (χ3v) is 36.1. The monoisotopic (exact) mass is 369 g/mol. The summed E-state index contributed by atoms with van der Waals surface area (Å²) >= 11 is 1.53. The summed E-state index contributed by atoms with van der Waals surface area (Å²) in [5.74, 6) is 0. The van der Waals surface area contributed by atoms with Crippen LogP contribution >= 0.6 is 21.8 Å². The van der Waals surface area contributed by atoms with Crippen molar-refractivity contribution in [2.24, 2.45) is 0 Å². The number of halogens is 2. The third kappa shape index (κ3) is 3.05. The van der Waals surface area contributed by atoms with E-state index < -0.39 is 17.6 Å². The predicted molar refractivity (Wildman–Crippen MR) is 51.4 cm³/mol. The molecular formula is C6H15I2Si-. The molecule has 0 saturated carbocycles. The number of hydrogen-bond acceptors (Lipinski definition) is 0. The third-order valence-electron chi connectivity index (χ3n) is 1.69. The molecule has 0 aromatic heterocycles. The first-order chi connectivity index (χ1) is 4.24. The molecule has 0 fully saturated rings. The van der Waals surface area contributed by atoms with E-state index in [9.17, 15) is 0 Å². The Balaban J connectivity index is 3.82. The average Bonchev–Trinajstić information content (AvgIpc) is 1.95. The van der Waals surface area contributed by atoms with Crippen LogP contribution in [0, 0.1) is 0 Å². The Bertz CT molecular complexity index is 53.9. The summed E-state index contributed by atoms with van der Waals surface area (Å²) in [5, 5.41) is 0. The summed E-state index contributed by atoms with van der Waals surface area (Å²) in [7, 11) is 0. The molecule has 3 heteroatoms. The normalized spacial score (nSPS) is 13.8. The van der Waals surface area contributed by atoms with E-state index in [1.54, 1.807) is 0 Å². The van der Waals surface area contributed by atoms with E-state index in [2.05, 4.69) is 42.6 Å². The Morgan fingerprint density at radius 3 is 1.44 bits per heavy atom. The maximum atomic E-state index is 2.61. The van der Waals surface area contributed by atoms with E-state index in [0.717, 1.165) is 0 Å². The molecule has 0 aliphatic rings. The van der Waals surface area contributed by atoms with Crippen LogP contribution in [0.25, 0.3) is 0 Å². The molecule has 9 heavy (non-hydrogen) atoms. The molecule has 58 valence electrons. The van der Waals surface area contributed by atoms with Crippen LogP contribution in [-0.2, 0) is 0 Å². The van der Waals surface area contributed by atoms with Crippen molar-refractivity contribution in [1.82, 2.24) is 0 Å². The van der Waals surface area contributed by atoms with Crippen molar-refractivity contribution in [3.05, 3.63) is 0 Å². The average molecular weight is 369 g/mol. The molecule has 0 saturated heterocycles. The molecule has 0 aromatic rings. The summed E-state index contributed by atoms with van der Waals surface area (Å²) in [6.07, 6.45) is 0. The van der Waals surface area contributed by atoms with Gasteiger partial charge in [0.05, 0.1) is 0 Å². The number of hydrogen-bond donors (Lipinski definition) is 0. The van der Waals surface area contributed by atoms with Crippen LogP contribution in [0.5, 0.6) is 0 Å². The Morgan fingerprint density at radius 2 is 1.44 bits per heavy atom. The first kappa shape index (κ1) is 10.7. The van der Waals surface area contributed by atoms with Gasteiger partial charge in [-0.3, -0.25) is 0 Å². The van der Waals surface area contributed by atoms with E-state index in [-0.39, 0.29) is 0 Å². The van der Waals surface area contributed by atoms with E-state index in [1.807, 2.05) is 0 Å². The fraction of sp³-hybridized carbons (Fsp3) is 1.00. The molecule has 0 aliphatic carbocycles. The van der Waals surface area contributed by atoms with Gasteiger partial charge in [0.2, 0.25) is 0 Å². The van der Waals surface area contributed by atoms with Crippen LogP contribution in [-0.4, -0.2) is 17.8 Å². The van der Waals surface area contributed by atoms with Gasteiger partial charge in [-0.1, -0.05) is 0 Å². The SMILES string of the molecule is CC[I-](CC)(CC)[Si]I. The van der Waals surface area contributed by atoms with Crippen LogP contribution < -0.4 is 17.6 Å². The first-order valence-electron chi connectivity index (χ1n) is 3.30. The van der Waals surface area contributed by atoms with Gasteiger partial charge in [-0.05, 0) is 0 Å². The van der Waals surface area contributed by atoms with Gasteiger partial charge in [0.1, 0.15) is 0 Å². The molecule has 0 heterocycles. The molecular weight excluding hydrogens is 354 g/mol. The van der Waals surface area contributed by atoms with Gasteiger partial charge in [-0.15, -0.1) is 0 Å². The zero-order chi connectivity index (χ0) is 7.33. The molecule has 0 rings (SSSR count). The standard InChI is InChI=1S/C6H15I2Si/c1-4-8(5-2,6-3)9-7/h4-6H2,1-3H3/q-1. The quantitative estimate of drug-likeness (QED) is 0.263. The molecule has 0 atom stereocenters. The van der Waals surface area contributed by atoms with Crippen LogP contribution in [0.15, 0.2) is 0 Å². The molecule has 0 aliphatic heterocycles. The number of rotatable bonds is 4. The summed E-state index contributed by atoms with van der Waals surface area (Å²) < 4.78 is 5.86. The molecule has 0 N–H and O–H groups in total. The van der Waals surface area contributed by atoms with E-state index in [4.69, 9.17) is 0 Å². The zero-order valence-corrected chi connectivity index (χ0v) is 11.7. The van der Waals surface area contributed by atoms with Crippen molar-refractivity contribution in [3.63, 3.8) is 0 Å². The summed E-state index contributed by atoms with van der Waals surface area (Å²) in [4.78, 5) is 0. The summed E-state index contributed by atoms with van der Waals surface area (Å²) in [6, 6.07) is 0. The van der Waals surface area contributed by atoms with Crippen molar-refractivity contribution >= 4 is 26.3 Å². The van der Waals surface area contributed by atoms with Gasteiger partial charge < -0.3 is 0 Å². The summed E-state index contributed by atoms with van der Waals surface area (Å²) in [6.45, 7) is 7.15. The van der Waals surface area contributed by atoms with Crippen LogP contribution in [0.1, 0.15) is 20.8 Å². The maximum absolute atomic E-state index is 2.61. The number of alkyl halides is 3. The van der Waals surface area contributed by atoms with Crippen molar-refractivity contribution < 1.29 is 17.6 Å². The van der Waals surface area contributed by atoms with Crippen molar-refractivity contribution in [2.75, 3.05) is 13.3 Å². The van der Waals surface area contributed by atoms with E-state index in [1.165, 1.54) is 17.8 Å². The fourth-order valence-electron chi connectivity index (χ4n) is 0.718. The van der Waals surface area contributed by atoms with E-state index in [0.29, 0.717) is 0 Å². The fourth-order valence-corrected chi connectivity index (χ4v) is 24.3. The van der Waals surface area contributed by atoms with Gasteiger partial charge >= 0.3 is 78.0 Å². The van der Waals surface area contributed by atoms with Gasteiger partial charge in [-0.25, -0.2) is 0 Å². The first-order valence-corrected chi connectivity index (χ1v) is 15.1. The Labute approximate surface area is 77.2 Å². The Kier molecular flexibility index (Phi) is 6.34. The second-order valence-corrected chi connectivity index (χ2v) is 26.9. The molecule has 0 amide bonds. The predicted octanol–water partition coefficient (Wildman–Crippen LogP) is -0.824. The van der Waals surface area contributed by atoms with Gasteiger partial charge in [-0.2, -0.15) is 0 Å². The Hall–Kier alpha value is 1.68. The second kappa shape index (κ2) is 5.34.